The van der Waals surface area contributed by atoms with Gasteiger partial charge in [-0.25, -0.2) is 0 Å². The fraction of sp³-hybridized carbons (Fsp3) is 0.176. The number of aliphatic hydroxyl groups excluding tert-OH is 1. The van der Waals surface area contributed by atoms with Crippen LogP contribution in [0, 0.1) is 10.1 Å². The fourth-order valence-corrected chi connectivity index (χ4v) is 3.01. The second-order valence-corrected chi connectivity index (χ2v) is 6.28. The van der Waals surface area contributed by atoms with E-state index >= 15 is 0 Å². The van der Waals surface area contributed by atoms with Crippen LogP contribution in [0.15, 0.2) is 59.0 Å². The van der Waals surface area contributed by atoms with Crippen LogP contribution < -0.4 is 0 Å². The van der Waals surface area contributed by atoms with Crippen molar-refractivity contribution in [1.29, 1.82) is 0 Å². The summed E-state index contributed by atoms with van der Waals surface area (Å²) in [7, 11) is 0. The van der Waals surface area contributed by atoms with Crippen molar-refractivity contribution in [2.75, 3.05) is 5.75 Å². The molecular formula is C17H15N3O4S. The van der Waals surface area contributed by atoms with E-state index in [2.05, 4.69) is 10.2 Å². The maximum atomic E-state index is 10.7. The number of aliphatic hydroxyl groups is 1. The Hall–Kier alpha value is -2.71. The number of nitro benzene ring substituents is 1. The Balaban J connectivity index is 1.56. The normalized spacial score (nSPS) is 12.0. The van der Waals surface area contributed by atoms with Crippen LogP contribution in [0.5, 0.6) is 0 Å². The van der Waals surface area contributed by atoms with E-state index in [0.717, 1.165) is 5.56 Å². The lowest BCUT2D eigenvalue weighted by Crippen LogP contribution is -2.00. The summed E-state index contributed by atoms with van der Waals surface area (Å²) in [6.45, 7) is 0. The molecule has 0 spiro atoms. The molecule has 7 nitrogen and oxygen atoms in total. The molecule has 1 unspecified atom stereocenters. The molecule has 0 aliphatic carbocycles. The van der Waals surface area contributed by atoms with Gasteiger partial charge in [0.05, 0.1) is 16.8 Å². The van der Waals surface area contributed by atoms with Crippen LogP contribution in [0.3, 0.4) is 0 Å². The molecule has 0 amide bonds. The summed E-state index contributed by atoms with van der Waals surface area (Å²) in [5.74, 6) is 1.75. The van der Waals surface area contributed by atoms with Crippen molar-refractivity contribution < 1.29 is 14.4 Å². The van der Waals surface area contributed by atoms with Crippen LogP contribution in [0.1, 0.15) is 17.6 Å². The van der Waals surface area contributed by atoms with Gasteiger partial charge in [-0.15, -0.1) is 22.0 Å². The molecule has 3 aromatic rings. The highest BCUT2D eigenvalue weighted by atomic mass is 32.2. The summed E-state index contributed by atoms with van der Waals surface area (Å²) < 4.78 is 5.56. The van der Waals surface area contributed by atoms with E-state index in [1.165, 1.54) is 23.9 Å². The lowest BCUT2D eigenvalue weighted by Gasteiger charge is -2.09. The SMILES string of the molecule is O=[N+]([O-])c1ccc(-c2nnc(CSCC(O)c3ccccc3)o2)cc1. The molecule has 0 aliphatic heterocycles. The van der Waals surface area contributed by atoms with Crippen LogP contribution in [-0.4, -0.2) is 26.0 Å². The number of rotatable bonds is 7. The highest BCUT2D eigenvalue weighted by Gasteiger charge is 2.12. The van der Waals surface area contributed by atoms with Gasteiger partial charge in [0.25, 0.3) is 5.69 Å². The molecule has 3 rings (SSSR count). The molecule has 1 N–H and O–H groups in total. The molecule has 25 heavy (non-hydrogen) atoms. The predicted molar refractivity (Wildman–Crippen MR) is 94.0 cm³/mol. The molecule has 0 fully saturated rings. The number of non-ortho nitro benzene ring substituents is 1. The van der Waals surface area contributed by atoms with Gasteiger partial charge in [0.2, 0.25) is 11.8 Å². The van der Waals surface area contributed by atoms with E-state index in [1.54, 1.807) is 12.1 Å². The Morgan fingerprint density at radius 1 is 1.12 bits per heavy atom. The molecule has 1 atom stereocenters. The van der Waals surface area contributed by atoms with Crippen molar-refractivity contribution in [2.45, 2.75) is 11.9 Å². The number of nitrogens with zero attached hydrogens (tertiary/aromatic N) is 3. The Bertz CT molecular complexity index is 837. The molecule has 128 valence electrons. The summed E-state index contributed by atoms with van der Waals surface area (Å²) in [5.41, 5.74) is 1.50. The molecular weight excluding hydrogens is 342 g/mol. The fourth-order valence-electron chi connectivity index (χ4n) is 2.18. The van der Waals surface area contributed by atoms with Crippen molar-refractivity contribution in [3.63, 3.8) is 0 Å². The molecule has 0 saturated heterocycles. The van der Waals surface area contributed by atoms with Gasteiger partial charge in [0.15, 0.2) is 0 Å². The van der Waals surface area contributed by atoms with Crippen LogP contribution in [0.25, 0.3) is 11.5 Å². The molecule has 1 heterocycles. The van der Waals surface area contributed by atoms with Gasteiger partial charge in [-0.2, -0.15) is 0 Å². The van der Waals surface area contributed by atoms with Gasteiger partial charge in [0, 0.05) is 23.4 Å². The number of hydrogen-bond donors (Lipinski definition) is 1. The lowest BCUT2D eigenvalue weighted by molar-refractivity contribution is -0.384. The first-order valence-corrected chi connectivity index (χ1v) is 8.67. The van der Waals surface area contributed by atoms with Crippen LogP contribution in [0.4, 0.5) is 5.69 Å². The second kappa shape index (κ2) is 7.91. The quantitative estimate of drug-likeness (QED) is 0.509. The maximum absolute atomic E-state index is 10.7. The third-order valence-electron chi connectivity index (χ3n) is 3.48. The summed E-state index contributed by atoms with van der Waals surface area (Å²) in [4.78, 5) is 10.2. The minimum atomic E-state index is -0.553. The summed E-state index contributed by atoms with van der Waals surface area (Å²) >= 11 is 1.49. The highest BCUT2D eigenvalue weighted by Crippen LogP contribution is 2.24. The van der Waals surface area contributed by atoms with Crippen LogP contribution in [-0.2, 0) is 5.75 Å². The van der Waals surface area contributed by atoms with Gasteiger partial charge >= 0.3 is 0 Å². The Morgan fingerprint density at radius 3 is 2.52 bits per heavy atom. The van der Waals surface area contributed by atoms with E-state index in [0.29, 0.717) is 28.9 Å². The van der Waals surface area contributed by atoms with E-state index < -0.39 is 11.0 Å². The average Bonchev–Trinajstić information content (AvgIpc) is 3.11. The van der Waals surface area contributed by atoms with Gasteiger partial charge in [-0.05, 0) is 17.7 Å². The smallest absolute Gasteiger partial charge is 0.269 e. The predicted octanol–water partition coefficient (Wildman–Crippen LogP) is 3.61. The van der Waals surface area contributed by atoms with E-state index in [-0.39, 0.29) is 5.69 Å². The number of nitro groups is 1. The molecule has 0 aliphatic rings. The zero-order chi connectivity index (χ0) is 17.6. The lowest BCUT2D eigenvalue weighted by atomic mass is 10.1. The molecule has 8 heteroatoms. The zero-order valence-electron chi connectivity index (χ0n) is 13.1. The first kappa shape index (κ1) is 17.1. The van der Waals surface area contributed by atoms with E-state index in [4.69, 9.17) is 4.42 Å². The molecule has 0 saturated carbocycles. The number of thioether (sulfide) groups is 1. The van der Waals surface area contributed by atoms with Crippen molar-refractivity contribution >= 4 is 17.4 Å². The summed E-state index contributed by atoms with van der Waals surface area (Å²) in [5, 5.41) is 28.7. The van der Waals surface area contributed by atoms with Crippen molar-refractivity contribution in [1.82, 2.24) is 10.2 Å². The van der Waals surface area contributed by atoms with Crippen LogP contribution in [0.2, 0.25) is 0 Å². The standard InChI is InChI=1S/C17H15N3O4S/c21-15(12-4-2-1-3-5-12)10-25-11-16-18-19-17(24-16)13-6-8-14(9-7-13)20(22)23/h1-9,15,21H,10-11H2. The van der Waals surface area contributed by atoms with E-state index in [1.807, 2.05) is 30.3 Å². The second-order valence-electron chi connectivity index (χ2n) is 5.25. The molecule has 0 radical (unpaired) electrons. The first-order chi connectivity index (χ1) is 12.1. The largest absolute Gasteiger partial charge is 0.420 e. The summed E-state index contributed by atoms with van der Waals surface area (Å²) in [6, 6.07) is 15.4. The van der Waals surface area contributed by atoms with Crippen molar-refractivity contribution in [3.8, 4) is 11.5 Å². The van der Waals surface area contributed by atoms with Gasteiger partial charge in [-0.1, -0.05) is 30.3 Å². The Kier molecular flexibility index (Phi) is 5.42. The third kappa shape index (κ3) is 4.43. The number of benzene rings is 2. The topological polar surface area (TPSA) is 102 Å². The Labute approximate surface area is 147 Å². The minimum absolute atomic E-state index is 0.00828. The first-order valence-electron chi connectivity index (χ1n) is 7.51. The minimum Gasteiger partial charge on any atom is -0.420 e. The van der Waals surface area contributed by atoms with E-state index in [9.17, 15) is 15.2 Å². The average molecular weight is 357 g/mol. The molecule has 0 bridgehead atoms. The Morgan fingerprint density at radius 2 is 1.84 bits per heavy atom. The van der Waals surface area contributed by atoms with Crippen molar-refractivity contribution in [3.05, 3.63) is 76.2 Å². The summed E-state index contributed by atoms with van der Waals surface area (Å²) in [6.07, 6.45) is -0.553. The van der Waals surface area contributed by atoms with Crippen molar-refractivity contribution in [2.24, 2.45) is 0 Å². The molecule has 1 aromatic heterocycles. The monoisotopic (exact) mass is 357 g/mol. The van der Waals surface area contributed by atoms with Gasteiger partial charge in [0.1, 0.15) is 0 Å². The van der Waals surface area contributed by atoms with Crippen LogP contribution >= 0.6 is 11.8 Å². The number of hydrogen-bond acceptors (Lipinski definition) is 7. The maximum Gasteiger partial charge on any atom is 0.269 e. The zero-order valence-corrected chi connectivity index (χ0v) is 13.9. The third-order valence-corrected chi connectivity index (χ3v) is 4.48. The molecule has 2 aromatic carbocycles. The highest BCUT2D eigenvalue weighted by molar-refractivity contribution is 7.98. The number of aromatic nitrogens is 2. The van der Waals surface area contributed by atoms with Gasteiger partial charge < -0.3 is 9.52 Å². The van der Waals surface area contributed by atoms with Gasteiger partial charge in [-0.3, -0.25) is 10.1 Å².